The number of aryl methyl sites for hydroxylation is 1. The van der Waals surface area contributed by atoms with Crippen molar-refractivity contribution in [3.63, 3.8) is 0 Å². The number of nitrogens with zero attached hydrogens (tertiary/aromatic N) is 2. The Morgan fingerprint density at radius 2 is 1.76 bits per heavy atom. The molecule has 8 nitrogen and oxygen atoms in total. The molecule has 136 valence electrons. The second kappa shape index (κ2) is 7.15. The minimum atomic E-state index is -4.17. The third-order valence-electron chi connectivity index (χ3n) is 3.32. The largest absolute Gasteiger partial charge is 0.435 e. The molecule has 0 radical (unpaired) electrons. The van der Waals surface area contributed by atoms with Crippen molar-refractivity contribution >= 4 is 10.0 Å². The molecule has 0 bridgehead atoms. The van der Waals surface area contributed by atoms with E-state index in [1.807, 2.05) is 0 Å². The van der Waals surface area contributed by atoms with Gasteiger partial charge in [-0.25, -0.2) is 17.9 Å². The molecule has 2 aromatic rings. The first-order chi connectivity index (χ1) is 11.6. The van der Waals surface area contributed by atoms with Gasteiger partial charge >= 0.3 is 12.3 Å². The second-order valence-corrected chi connectivity index (χ2v) is 6.83. The Hall–Kier alpha value is -2.53. The van der Waals surface area contributed by atoms with Crippen molar-refractivity contribution in [1.82, 2.24) is 13.9 Å². The van der Waals surface area contributed by atoms with Gasteiger partial charge in [-0.1, -0.05) is 12.1 Å². The summed E-state index contributed by atoms with van der Waals surface area (Å²) >= 11 is 0. The van der Waals surface area contributed by atoms with E-state index in [1.165, 1.54) is 38.4 Å². The molecule has 0 amide bonds. The zero-order valence-electron chi connectivity index (χ0n) is 13.3. The summed E-state index contributed by atoms with van der Waals surface area (Å²) in [5.74, 6) is -0.0615. The lowest BCUT2D eigenvalue weighted by atomic mass is 10.2. The smallest absolute Gasteiger partial charge is 0.387 e. The average molecular weight is 375 g/mol. The van der Waals surface area contributed by atoms with Crippen LogP contribution in [0.25, 0.3) is 0 Å². The summed E-state index contributed by atoms with van der Waals surface area (Å²) in [4.78, 5) is 23.0. The van der Waals surface area contributed by atoms with Gasteiger partial charge in [-0.3, -0.25) is 9.36 Å². The molecular weight excluding hydrogens is 360 g/mol. The summed E-state index contributed by atoms with van der Waals surface area (Å²) in [5, 5.41) is 0. The number of benzene rings is 1. The van der Waals surface area contributed by atoms with Crippen molar-refractivity contribution in [3.05, 3.63) is 56.9 Å². The molecule has 2 rings (SSSR count). The van der Waals surface area contributed by atoms with Crippen LogP contribution in [0.1, 0.15) is 5.56 Å². The van der Waals surface area contributed by atoms with Gasteiger partial charge in [0.2, 0.25) is 10.0 Å². The van der Waals surface area contributed by atoms with Crippen LogP contribution in [0, 0.1) is 0 Å². The molecule has 0 saturated carbocycles. The maximum atomic E-state index is 12.3. The Bertz CT molecular complexity index is 981. The SMILES string of the molecule is Cn1cc(S(=O)(=O)NCc2ccc(OC(F)F)cc2)c(=O)n(C)c1=O. The van der Waals surface area contributed by atoms with E-state index >= 15 is 0 Å². The fraction of sp³-hybridized carbons (Fsp3) is 0.286. The summed E-state index contributed by atoms with van der Waals surface area (Å²) < 4.78 is 56.8. The summed E-state index contributed by atoms with van der Waals surface area (Å²) in [6.07, 6.45) is 0.937. The average Bonchev–Trinajstić information content (AvgIpc) is 2.55. The minimum Gasteiger partial charge on any atom is -0.435 e. The molecule has 1 N–H and O–H groups in total. The van der Waals surface area contributed by atoms with Crippen LogP contribution in [0.4, 0.5) is 8.78 Å². The lowest BCUT2D eigenvalue weighted by molar-refractivity contribution is -0.0498. The molecule has 25 heavy (non-hydrogen) atoms. The third kappa shape index (κ3) is 4.31. The van der Waals surface area contributed by atoms with Gasteiger partial charge in [-0.05, 0) is 17.7 Å². The highest BCUT2D eigenvalue weighted by Crippen LogP contribution is 2.15. The van der Waals surface area contributed by atoms with Crippen molar-refractivity contribution in [2.24, 2.45) is 14.1 Å². The summed E-state index contributed by atoms with van der Waals surface area (Å²) in [6, 6.07) is 5.33. The van der Waals surface area contributed by atoms with Crippen LogP contribution in [-0.4, -0.2) is 24.2 Å². The van der Waals surface area contributed by atoms with Gasteiger partial charge in [-0.15, -0.1) is 0 Å². The van der Waals surface area contributed by atoms with Crippen molar-refractivity contribution in [3.8, 4) is 5.75 Å². The predicted octanol–water partition coefficient (Wildman–Crippen LogP) is 0.164. The van der Waals surface area contributed by atoms with Gasteiger partial charge in [0, 0.05) is 26.8 Å². The molecule has 1 aromatic heterocycles. The van der Waals surface area contributed by atoms with Crippen LogP contribution in [0.2, 0.25) is 0 Å². The summed E-state index contributed by atoms with van der Waals surface area (Å²) in [5.41, 5.74) is -1.14. The topological polar surface area (TPSA) is 99.4 Å². The second-order valence-electron chi connectivity index (χ2n) is 5.10. The molecule has 0 aliphatic carbocycles. The van der Waals surface area contributed by atoms with Crippen LogP contribution in [0.5, 0.6) is 5.75 Å². The first-order valence-electron chi connectivity index (χ1n) is 6.92. The van der Waals surface area contributed by atoms with Gasteiger partial charge in [0.25, 0.3) is 5.56 Å². The van der Waals surface area contributed by atoms with E-state index in [4.69, 9.17) is 0 Å². The molecule has 0 spiro atoms. The molecule has 0 aliphatic rings. The number of hydrogen-bond donors (Lipinski definition) is 1. The number of nitrogens with one attached hydrogen (secondary N) is 1. The highest BCUT2D eigenvalue weighted by atomic mass is 32.2. The van der Waals surface area contributed by atoms with Gasteiger partial charge < -0.3 is 9.30 Å². The molecule has 11 heteroatoms. The molecule has 0 unspecified atom stereocenters. The Balaban J connectivity index is 2.20. The monoisotopic (exact) mass is 375 g/mol. The van der Waals surface area contributed by atoms with Crippen molar-refractivity contribution < 1.29 is 21.9 Å². The molecule has 1 aromatic carbocycles. The van der Waals surface area contributed by atoms with Crippen molar-refractivity contribution in [2.45, 2.75) is 18.1 Å². The van der Waals surface area contributed by atoms with Crippen LogP contribution in [-0.2, 0) is 30.7 Å². The predicted molar refractivity (Wildman–Crippen MR) is 84.0 cm³/mol. The number of hydrogen-bond acceptors (Lipinski definition) is 5. The number of rotatable bonds is 6. The van der Waals surface area contributed by atoms with Gasteiger partial charge in [0.15, 0.2) is 4.90 Å². The van der Waals surface area contributed by atoms with E-state index in [9.17, 15) is 26.8 Å². The highest BCUT2D eigenvalue weighted by Gasteiger charge is 2.21. The normalized spacial score (nSPS) is 11.7. The van der Waals surface area contributed by atoms with Crippen LogP contribution in [0.3, 0.4) is 0 Å². The van der Waals surface area contributed by atoms with Crippen LogP contribution < -0.4 is 20.7 Å². The number of alkyl halides is 2. The lowest BCUT2D eigenvalue weighted by Crippen LogP contribution is -2.41. The fourth-order valence-corrected chi connectivity index (χ4v) is 3.18. The first kappa shape index (κ1) is 18.8. The van der Waals surface area contributed by atoms with Gasteiger partial charge in [0.1, 0.15) is 5.75 Å². The Morgan fingerprint density at radius 3 is 2.32 bits per heavy atom. The maximum absolute atomic E-state index is 12.3. The van der Waals surface area contributed by atoms with E-state index < -0.39 is 32.8 Å². The number of ether oxygens (including phenoxy) is 1. The Morgan fingerprint density at radius 1 is 1.16 bits per heavy atom. The number of halogens is 2. The van der Waals surface area contributed by atoms with E-state index in [-0.39, 0.29) is 12.3 Å². The van der Waals surface area contributed by atoms with Gasteiger partial charge in [0.05, 0.1) is 0 Å². The Labute approximate surface area is 141 Å². The van der Waals surface area contributed by atoms with Crippen molar-refractivity contribution in [1.29, 1.82) is 0 Å². The number of aromatic nitrogens is 2. The zero-order chi connectivity index (χ0) is 18.8. The molecule has 0 saturated heterocycles. The van der Waals surface area contributed by atoms with E-state index in [2.05, 4.69) is 9.46 Å². The summed E-state index contributed by atoms with van der Waals surface area (Å²) in [7, 11) is -1.68. The summed E-state index contributed by atoms with van der Waals surface area (Å²) in [6.45, 7) is -3.13. The lowest BCUT2D eigenvalue weighted by Gasteiger charge is -2.10. The van der Waals surface area contributed by atoms with Crippen LogP contribution >= 0.6 is 0 Å². The standard InChI is InChI=1S/C14H15F2N3O5S/c1-18-8-11(12(20)19(2)14(18)21)25(22,23)17-7-9-3-5-10(6-4-9)24-13(15)16/h3-6,8,13,17H,7H2,1-2H3. The molecule has 0 fully saturated rings. The van der Waals surface area contributed by atoms with E-state index in [1.54, 1.807) is 0 Å². The molecular formula is C14H15F2N3O5S. The minimum absolute atomic E-state index is 0.0615. The van der Waals surface area contributed by atoms with E-state index in [0.717, 1.165) is 10.8 Å². The van der Waals surface area contributed by atoms with Crippen molar-refractivity contribution in [2.75, 3.05) is 0 Å². The molecule has 0 atom stereocenters. The quantitative estimate of drug-likeness (QED) is 0.776. The fourth-order valence-electron chi connectivity index (χ4n) is 2.00. The van der Waals surface area contributed by atoms with Crippen LogP contribution in [0.15, 0.2) is 44.9 Å². The number of sulfonamides is 1. The maximum Gasteiger partial charge on any atom is 0.387 e. The molecule has 0 aliphatic heterocycles. The first-order valence-corrected chi connectivity index (χ1v) is 8.40. The van der Waals surface area contributed by atoms with E-state index in [0.29, 0.717) is 10.1 Å². The highest BCUT2D eigenvalue weighted by molar-refractivity contribution is 7.89. The van der Waals surface area contributed by atoms with Gasteiger partial charge in [-0.2, -0.15) is 8.78 Å². The zero-order valence-corrected chi connectivity index (χ0v) is 14.1. The molecule has 1 heterocycles. The Kier molecular flexibility index (Phi) is 5.38. The third-order valence-corrected chi connectivity index (χ3v) is 4.70.